The summed E-state index contributed by atoms with van der Waals surface area (Å²) in [5, 5.41) is 2.88. The van der Waals surface area contributed by atoms with Crippen molar-refractivity contribution < 1.29 is 28.2 Å². The number of carbonyl (C=O) groups is 2. The second-order valence-corrected chi connectivity index (χ2v) is 10.2. The number of hydrogen-bond donors (Lipinski definition) is 1. The van der Waals surface area contributed by atoms with E-state index in [0.29, 0.717) is 12.8 Å². The van der Waals surface area contributed by atoms with Crippen LogP contribution in [0.5, 0.6) is 5.75 Å². The molecule has 0 aliphatic heterocycles. The molecule has 0 aromatic heterocycles. The fourth-order valence-corrected chi connectivity index (χ4v) is 3.81. The van der Waals surface area contributed by atoms with Gasteiger partial charge in [-0.15, -0.1) is 0 Å². The maximum absolute atomic E-state index is 13.8. The molecule has 8 heteroatoms. The third-order valence-electron chi connectivity index (χ3n) is 5.89. The van der Waals surface area contributed by atoms with Crippen LogP contribution in [-0.2, 0) is 14.3 Å². The first-order chi connectivity index (χ1) is 15.8. The van der Waals surface area contributed by atoms with E-state index in [-0.39, 0.29) is 22.6 Å². The van der Waals surface area contributed by atoms with E-state index in [1.165, 1.54) is 18.2 Å². The van der Waals surface area contributed by atoms with Gasteiger partial charge in [0, 0.05) is 11.1 Å². The first-order valence-corrected chi connectivity index (χ1v) is 12.5. The summed E-state index contributed by atoms with van der Waals surface area (Å²) in [5.74, 6) is -0.619. The average molecular weight is 502 g/mol. The molecule has 0 bridgehead atoms. The van der Waals surface area contributed by atoms with Gasteiger partial charge in [-0.2, -0.15) is 0 Å². The third kappa shape index (κ3) is 10.1. The number of alkyl carbamates (subject to hydrolysis) is 1. The quantitative estimate of drug-likeness (QED) is 0.297. The molecule has 0 saturated heterocycles. The molecule has 1 N–H and O–H groups in total. The molecular weight excluding hydrogens is 461 g/mol. The number of nitrogens with one attached hydrogen (secondary N) is 1. The number of rotatable bonds is 13. The highest BCUT2D eigenvalue weighted by molar-refractivity contribution is 6.30. The lowest BCUT2D eigenvalue weighted by molar-refractivity contribution is -0.157. The van der Waals surface area contributed by atoms with Crippen molar-refractivity contribution >= 4 is 23.7 Å². The fraction of sp³-hybridized carbons (Fsp3) is 0.692. The summed E-state index contributed by atoms with van der Waals surface area (Å²) in [6, 6.07) is 3.12. The largest absolute Gasteiger partial charge is 0.486 e. The fourth-order valence-electron chi connectivity index (χ4n) is 3.60. The Balaban J connectivity index is 3.03. The molecule has 0 fully saturated rings. The molecule has 194 valence electrons. The van der Waals surface area contributed by atoms with Crippen molar-refractivity contribution in [3.63, 3.8) is 0 Å². The highest BCUT2D eigenvalue weighted by Crippen LogP contribution is 2.27. The second-order valence-electron chi connectivity index (χ2n) is 9.74. The van der Waals surface area contributed by atoms with Crippen molar-refractivity contribution in [1.82, 2.24) is 5.32 Å². The van der Waals surface area contributed by atoms with E-state index in [1.807, 2.05) is 34.6 Å². The lowest BCUT2D eigenvalue weighted by Crippen LogP contribution is -2.48. The number of esters is 1. The molecular formula is C26H41ClFNO5. The minimum absolute atomic E-state index is 0.0525. The van der Waals surface area contributed by atoms with Crippen molar-refractivity contribution in [3.05, 3.63) is 29.0 Å². The number of hydrogen-bond acceptors (Lipinski definition) is 5. The Kier molecular flexibility index (Phi) is 12.1. The monoisotopic (exact) mass is 501 g/mol. The van der Waals surface area contributed by atoms with Gasteiger partial charge < -0.3 is 19.5 Å². The molecule has 6 nitrogen and oxygen atoms in total. The molecule has 1 aromatic rings. The highest BCUT2D eigenvalue weighted by atomic mass is 35.5. The van der Waals surface area contributed by atoms with Gasteiger partial charge in [-0.25, -0.2) is 14.0 Å². The van der Waals surface area contributed by atoms with E-state index in [4.69, 9.17) is 25.8 Å². The molecule has 0 unspecified atom stereocenters. The van der Waals surface area contributed by atoms with Crippen LogP contribution in [0.1, 0.15) is 81.1 Å². The zero-order chi connectivity index (χ0) is 26.1. The maximum atomic E-state index is 13.8. The summed E-state index contributed by atoms with van der Waals surface area (Å²) < 4.78 is 31.2. The predicted octanol–water partition coefficient (Wildman–Crippen LogP) is 6.92. The van der Waals surface area contributed by atoms with Gasteiger partial charge >= 0.3 is 12.1 Å². The number of halogens is 2. The molecule has 0 spiro atoms. The smallest absolute Gasteiger partial charge is 0.408 e. The molecule has 0 saturated carbocycles. The minimum Gasteiger partial charge on any atom is -0.486 e. The zero-order valence-corrected chi connectivity index (χ0v) is 22.5. The van der Waals surface area contributed by atoms with Crippen molar-refractivity contribution in [3.8, 4) is 5.75 Å². The Morgan fingerprint density at radius 1 is 1.09 bits per heavy atom. The molecule has 1 amide bonds. The normalized spacial score (nSPS) is 14.5. The van der Waals surface area contributed by atoms with E-state index in [0.717, 1.165) is 12.8 Å². The Bertz CT molecular complexity index is 777. The van der Waals surface area contributed by atoms with Gasteiger partial charge in [-0.3, -0.25) is 0 Å². The topological polar surface area (TPSA) is 73.9 Å². The summed E-state index contributed by atoms with van der Waals surface area (Å²) in [6.07, 6.45) is 0.736. The average Bonchev–Trinajstić information content (AvgIpc) is 2.71. The van der Waals surface area contributed by atoms with Gasteiger partial charge in [-0.1, -0.05) is 46.2 Å². The molecule has 3 atom stereocenters. The zero-order valence-electron chi connectivity index (χ0n) is 21.7. The molecule has 34 heavy (non-hydrogen) atoms. The molecule has 0 aliphatic carbocycles. The summed E-state index contributed by atoms with van der Waals surface area (Å²) in [5.41, 5.74) is -0.649. The van der Waals surface area contributed by atoms with Crippen LogP contribution in [0, 0.1) is 17.7 Å². The Morgan fingerprint density at radius 2 is 1.71 bits per heavy atom. The lowest BCUT2D eigenvalue weighted by Gasteiger charge is -2.32. The highest BCUT2D eigenvalue weighted by Gasteiger charge is 2.33. The van der Waals surface area contributed by atoms with E-state index in [9.17, 15) is 14.0 Å². The van der Waals surface area contributed by atoms with Crippen molar-refractivity contribution in [1.29, 1.82) is 0 Å². The summed E-state index contributed by atoms with van der Waals surface area (Å²) in [4.78, 5) is 25.5. The lowest BCUT2D eigenvalue weighted by atomic mass is 9.93. The first-order valence-electron chi connectivity index (χ1n) is 12.1. The van der Waals surface area contributed by atoms with Crippen LogP contribution in [0.15, 0.2) is 18.2 Å². The Morgan fingerprint density at radius 3 is 2.21 bits per heavy atom. The van der Waals surface area contributed by atoms with Crippen molar-refractivity contribution in [2.24, 2.45) is 11.8 Å². The van der Waals surface area contributed by atoms with E-state index >= 15 is 0 Å². The van der Waals surface area contributed by atoms with Gasteiger partial charge in [0.05, 0.1) is 0 Å². The van der Waals surface area contributed by atoms with Crippen LogP contribution in [0.3, 0.4) is 0 Å². The Hall–Kier alpha value is -2.02. The minimum atomic E-state index is -0.867. The maximum Gasteiger partial charge on any atom is 0.408 e. The number of amides is 1. The molecule has 0 aliphatic rings. The Labute approximate surface area is 208 Å². The number of carbonyl (C=O) groups excluding carboxylic acids is 2. The molecule has 0 radical (unpaired) electrons. The van der Waals surface area contributed by atoms with Crippen LogP contribution in [-0.4, -0.2) is 35.9 Å². The van der Waals surface area contributed by atoms with Crippen LogP contribution >= 0.6 is 11.6 Å². The van der Waals surface area contributed by atoms with Gasteiger partial charge in [-0.05, 0) is 70.4 Å². The summed E-state index contributed by atoms with van der Waals surface area (Å²) in [6.45, 7) is 15.2. The van der Waals surface area contributed by atoms with Crippen LogP contribution in [0.4, 0.5) is 9.18 Å². The van der Waals surface area contributed by atoms with Crippen molar-refractivity contribution in [2.45, 2.75) is 105 Å². The van der Waals surface area contributed by atoms with Gasteiger partial charge in [0.2, 0.25) is 0 Å². The molecule has 1 rings (SSSR count). The predicted molar refractivity (Wildman–Crippen MR) is 133 cm³/mol. The number of ether oxygens (including phenoxy) is 3. The van der Waals surface area contributed by atoms with Crippen LogP contribution in [0.2, 0.25) is 5.02 Å². The van der Waals surface area contributed by atoms with Gasteiger partial charge in [0.15, 0.2) is 0 Å². The molecule has 1 aromatic carbocycles. The SMILES string of the molecule is CCC(CC)[C@H](Oc1cc(F)cc(Cl)c1)[C@H](C)OC(=O)[C@H](CC(C)C)NC(=O)OC(C)(C)CC. The second kappa shape index (κ2) is 13.8. The number of benzene rings is 1. The van der Waals surface area contributed by atoms with Gasteiger partial charge in [0.1, 0.15) is 35.4 Å². The third-order valence-corrected chi connectivity index (χ3v) is 6.11. The first kappa shape index (κ1) is 30.0. The van der Waals surface area contributed by atoms with Crippen LogP contribution < -0.4 is 10.1 Å². The standard InChI is InChI=1S/C26H41ClFNO5/c1-9-18(10-2)23(33-21-14-19(27)13-20(28)15-21)17(6)32-24(30)22(12-16(4)5)29-25(31)34-26(7,8)11-3/h13-18,22-23H,9-12H2,1-8H3,(H,29,31)/t17-,22-,23+/m0/s1. The van der Waals surface area contributed by atoms with Crippen molar-refractivity contribution in [2.75, 3.05) is 0 Å². The summed E-state index contributed by atoms with van der Waals surface area (Å²) >= 11 is 5.98. The molecule has 0 heterocycles. The van der Waals surface area contributed by atoms with E-state index in [2.05, 4.69) is 5.32 Å². The van der Waals surface area contributed by atoms with E-state index in [1.54, 1.807) is 20.8 Å². The van der Waals surface area contributed by atoms with E-state index < -0.39 is 41.7 Å². The van der Waals surface area contributed by atoms with Crippen LogP contribution in [0.25, 0.3) is 0 Å². The summed E-state index contributed by atoms with van der Waals surface area (Å²) in [7, 11) is 0. The van der Waals surface area contributed by atoms with Gasteiger partial charge in [0.25, 0.3) is 0 Å².